The number of halogens is 1. The molecule has 1 atom stereocenters. The molecule has 4 nitrogen and oxygen atoms in total. The molecule has 3 aromatic carbocycles. The zero-order chi connectivity index (χ0) is 20.2. The van der Waals surface area contributed by atoms with Crippen LogP contribution in [0.4, 0.5) is 4.39 Å². The van der Waals surface area contributed by atoms with Crippen LogP contribution in [-0.4, -0.2) is 35.8 Å². The van der Waals surface area contributed by atoms with Gasteiger partial charge in [-0.15, -0.1) is 0 Å². The summed E-state index contributed by atoms with van der Waals surface area (Å²) < 4.78 is 13.4. The molecule has 29 heavy (non-hydrogen) atoms. The lowest BCUT2D eigenvalue weighted by Gasteiger charge is -2.33. The van der Waals surface area contributed by atoms with Crippen molar-refractivity contribution in [3.8, 4) is 11.1 Å². The Kier molecular flexibility index (Phi) is 5.38. The SMILES string of the molecule is O=C1CN(C(=O)c2ccc(-c3cccc(F)c3)cc2)C[C@H](Cc2ccccc2)N1. The number of carbonyl (C=O) groups excluding carboxylic acids is 2. The molecule has 0 radical (unpaired) electrons. The van der Waals surface area contributed by atoms with Gasteiger partial charge in [-0.25, -0.2) is 4.39 Å². The number of hydrogen-bond donors (Lipinski definition) is 1. The minimum absolute atomic E-state index is 0.0514. The molecule has 4 rings (SSSR count). The quantitative estimate of drug-likeness (QED) is 0.741. The van der Waals surface area contributed by atoms with Crippen LogP contribution >= 0.6 is 0 Å². The molecule has 1 fully saturated rings. The maximum Gasteiger partial charge on any atom is 0.254 e. The van der Waals surface area contributed by atoms with E-state index in [2.05, 4.69) is 5.32 Å². The fourth-order valence-corrected chi connectivity index (χ4v) is 3.65. The van der Waals surface area contributed by atoms with E-state index in [1.807, 2.05) is 36.4 Å². The van der Waals surface area contributed by atoms with Crippen molar-refractivity contribution in [2.45, 2.75) is 12.5 Å². The highest BCUT2D eigenvalue weighted by Crippen LogP contribution is 2.21. The van der Waals surface area contributed by atoms with Gasteiger partial charge in [-0.05, 0) is 47.4 Å². The fourth-order valence-electron chi connectivity index (χ4n) is 3.65. The molecule has 146 valence electrons. The third kappa shape index (κ3) is 4.51. The molecule has 0 spiro atoms. The number of nitrogens with zero attached hydrogens (tertiary/aromatic N) is 1. The van der Waals surface area contributed by atoms with Crippen molar-refractivity contribution in [2.24, 2.45) is 0 Å². The summed E-state index contributed by atoms with van der Waals surface area (Å²) >= 11 is 0. The summed E-state index contributed by atoms with van der Waals surface area (Å²) in [5, 5.41) is 2.97. The maximum atomic E-state index is 13.4. The van der Waals surface area contributed by atoms with Crippen molar-refractivity contribution in [1.29, 1.82) is 0 Å². The lowest BCUT2D eigenvalue weighted by Crippen LogP contribution is -2.56. The zero-order valence-electron chi connectivity index (χ0n) is 15.8. The smallest absolute Gasteiger partial charge is 0.254 e. The first-order valence-electron chi connectivity index (χ1n) is 9.57. The third-order valence-corrected chi connectivity index (χ3v) is 5.04. The molecule has 1 heterocycles. The van der Waals surface area contributed by atoms with Gasteiger partial charge in [0, 0.05) is 12.1 Å². The number of carbonyl (C=O) groups is 2. The molecular weight excluding hydrogens is 367 g/mol. The van der Waals surface area contributed by atoms with Gasteiger partial charge >= 0.3 is 0 Å². The van der Waals surface area contributed by atoms with Crippen molar-refractivity contribution in [2.75, 3.05) is 13.1 Å². The Morgan fingerprint density at radius 2 is 1.72 bits per heavy atom. The standard InChI is InChI=1S/C24H21FN2O2/c25-21-8-4-7-20(14-21)18-9-11-19(12-10-18)24(29)27-15-22(26-23(28)16-27)13-17-5-2-1-3-6-17/h1-12,14,22H,13,15-16H2,(H,26,28)/t22-/m0/s1. The van der Waals surface area contributed by atoms with Gasteiger partial charge in [0.15, 0.2) is 0 Å². The van der Waals surface area contributed by atoms with Gasteiger partial charge < -0.3 is 10.2 Å². The lowest BCUT2D eigenvalue weighted by atomic mass is 10.0. The van der Waals surface area contributed by atoms with Crippen LogP contribution in [0.1, 0.15) is 15.9 Å². The van der Waals surface area contributed by atoms with Crippen molar-refractivity contribution >= 4 is 11.8 Å². The van der Waals surface area contributed by atoms with Crippen LogP contribution in [0, 0.1) is 5.82 Å². The van der Waals surface area contributed by atoms with Gasteiger partial charge in [-0.3, -0.25) is 9.59 Å². The first kappa shape index (κ1) is 18.9. The number of hydrogen-bond acceptors (Lipinski definition) is 2. The van der Waals surface area contributed by atoms with E-state index in [-0.39, 0.29) is 30.2 Å². The van der Waals surface area contributed by atoms with Gasteiger partial charge in [-0.1, -0.05) is 54.6 Å². The number of nitrogens with one attached hydrogen (secondary N) is 1. The van der Waals surface area contributed by atoms with Gasteiger partial charge in [-0.2, -0.15) is 0 Å². The Morgan fingerprint density at radius 1 is 0.966 bits per heavy atom. The molecular formula is C24H21FN2O2. The molecule has 0 bridgehead atoms. The molecule has 0 saturated carbocycles. The van der Waals surface area contributed by atoms with Crippen LogP contribution in [-0.2, 0) is 11.2 Å². The second-order valence-electron chi connectivity index (χ2n) is 7.23. The normalized spacial score (nSPS) is 16.4. The predicted molar refractivity (Wildman–Crippen MR) is 110 cm³/mol. The molecule has 1 saturated heterocycles. The minimum atomic E-state index is -0.300. The van der Waals surface area contributed by atoms with Crippen molar-refractivity contribution < 1.29 is 14.0 Å². The molecule has 2 amide bonds. The van der Waals surface area contributed by atoms with Gasteiger partial charge in [0.1, 0.15) is 5.82 Å². The highest BCUT2D eigenvalue weighted by atomic mass is 19.1. The summed E-state index contributed by atoms with van der Waals surface area (Å²) in [6.45, 7) is 0.515. The molecule has 0 aliphatic carbocycles. The van der Waals surface area contributed by atoms with E-state index >= 15 is 0 Å². The first-order chi connectivity index (χ1) is 14.1. The van der Waals surface area contributed by atoms with Crippen molar-refractivity contribution in [3.63, 3.8) is 0 Å². The largest absolute Gasteiger partial charge is 0.350 e. The van der Waals surface area contributed by atoms with E-state index in [9.17, 15) is 14.0 Å². The Bertz CT molecular complexity index is 1020. The molecule has 1 N–H and O–H groups in total. The van der Waals surface area contributed by atoms with E-state index in [1.54, 1.807) is 35.2 Å². The zero-order valence-corrected chi connectivity index (χ0v) is 15.8. The number of benzene rings is 3. The molecule has 1 aliphatic heterocycles. The van der Waals surface area contributed by atoms with Crippen molar-refractivity contribution in [3.05, 3.63) is 95.8 Å². The predicted octanol–water partition coefficient (Wildman–Crippen LogP) is 3.68. The Balaban J connectivity index is 1.47. The lowest BCUT2D eigenvalue weighted by molar-refractivity contribution is -0.124. The fraction of sp³-hybridized carbons (Fsp3) is 0.167. The molecule has 0 aromatic heterocycles. The van der Waals surface area contributed by atoms with Gasteiger partial charge in [0.2, 0.25) is 5.91 Å². The van der Waals surface area contributed by atoms with Crippen LogP contribution < -0.4 is 5.32 Å². The highest BCUT2D eigenvalue weighted by molar-refractivity contribution is 5.97. The maximum absolute atomic E-state index is 13.4. The first-order valence-corrected chi connectivity index (χ1v) is 9.57. The minimum Gasteiger partial charge on any atom is -0.350 e. The summed E-state index contributed by atoms with van der Waals surface area (Å²) in [4.78, 5) is 26.7. The van der Waals surface area contributed by atoms with Gasteiger partial charge in [0.05, 0.1) is 12.6 Å². The third-order valence-electron chi connectivity index (χ3n) is 5.04. The second-order valence-corrected chi connectivity index (χ2v) is 7.23. The Labute approximate surface area is 169 Å². The number of piperazine rings is 1. The topological polar surface area (TPSA) is 49.4 Å². The van der Waals surface area contributed by atoms with E-state index in [1.165, 1.54) is 12.1 Å². The Hall–Kier alpha value is -3.47. The summed E-state index contributed by atoms with van der Waals surface area (Å²) in [6.07, 6.45) is 0.675. The van der Waals surface area contributed by atoms with Crippen LogP contribution in [0.3, 0.4) is 0 Å². The van der Waals surface area contributed by atoms with Gasteiger partial charge in [0.25, 0.3) is 5.91 Å². The number of rotatable bonds is 4. The van der Waals surface area contributed by atoms with Crippen molar-refractivity contribution in [1.82, 2.24) is 10.2 Å². The van der Waals surface area contributed by atoms with Crippen LogP contribution in [0.15, 0.2) is 78.9 Å². The Morgan fingerprint density at radius 3 is 2.45 bits per heavy atom. The van der Waals surface area contributed by atoms with Crippen LogP contribution in [0.2, 0.25) is 0 Å². The summed E-state index contributed by atoms with van der Waals surface area (Å²) in [6, 6.07) is 23.2. The number of amides is 2. The molecule has 5 heteroatoms. The molecule has 3 aromatic rings. The highest BCUT2D eigenvalue weighted by Gasteiger charge is 2.28. The van der Waals surface area contributed by atoms with Crippen LogP contribution in [0.25, 0.3) is 11.1 Å². The second kappa shape index (κ2) is 8.27. The summed E-state index contributed by atoms with van der Waals surface area (Å²) in [7, 11) is 0. The average Bonchev–Trinajstić information content (AvgIpc) is 2.74. The van der Waals surface area contributed by atoms with E-state index < -0.39 is 0 Å². The van der Waals surface area contributed by atoms with E-state index in [4.69, 9.17) is 0 Å². The van der Waals surface area contributed by atoms with E-state index in [0.717, 1.165) is 16.7 Å². The molecule has 1 aliphatic rings. The van der Waals surface area contributed by atoms with E-state index in [0.29, 0.717) is 18.5 Å². The molecule has 0 unspecified atom stereocenters. The van der Waals surface area contributed by atoms with Crippen LogP contribution in [0.5, 0.6) is 0 Å². The average molecular weight is 388 g/mol. The monoisotopic (exact) mass is 388 g/mol. The summed E-state index contributed by atoms with van der Waals surface area (Å²) in [5.74, 6) is -0.628. The summed E-state index contributed by atoms with van der Waals surface area (Å²) in [5.41, 5.74) is 3.22.